The third kappa shape index (κ3) is 1.16. The van der Waals surface area contributed by atoms with Gasteiger partial charge in [0.05, 0.1) is 12.5 Å². The topological polar surface area (TPSA) is 74.4 Å². The van der Waals surface area contributed by atoms with Gasteiger partial charge in [0.1, 0.15) is 5.39 Å². The lowest BCUT2D eigenvalue weighted by Crippen LogP contribution is -2.04. The minimum atomic E-state index is -0.168. The molecule has 2 aromatic rings. The van der Waals surface area contributed by atoms with Crippen molar-refractivity contribution in [3.8, 4) is 0 Å². The summed E-state index contributed by atoms with van der Waals surface area (Å²) in [5, 5.41) is 6.72. The van der Waals surface area contributed by atoms with Crippen molar-refractivity contribution in [2.24, 2.45) is 0 Å². The zero-order chi connectivity index (χ0) is 6.97. The van der Waals surface area contributed by atoms with Gasteiger partial charge in [0.2, 0.25) is 0 Å². The Labute approximate surface area is 71.6 Å². The molecule has 2 rings (SSSR count). The number of aromatic nitrogens is 4. The van der Waals surface area contributed by atoms with Gasteiger partial charge in [-0.3, -0.25) is 9.89 Å². The first-order chi connectivity index (χ1) is 4.88. The Morgan fingerprint density at radius 3 is 3.00 bits per heavy atom. The molecule has 2 heterocycles. The Kier molecular flexibility index (Phi) is 2.04. The summed E-state index contributed by atoms with van der Waals surface area (Å²) in [5.41, 5.74) is 0.350. The largest absolute Gasteiger partial charge is 0.312 e. The fourth-order valence-electron chi connectivity index (χ4n) is 0.777. The number of aromatic amines is 2. The van der Waals surface area contributed by atoms with E-state index >= 15 is 0 Å². The van der Waals surface area contributed by atoms with Gasteiger partial charge in [-0.2, -0.15) is 5.10 Å². The summed E-state index contributed by atoms with van der Waals surface area (Å²) >= 11 is 0. The fourth-order valence-corrected chi connectivity index (χ4v) is 0.777. The molecule has 0 unspecified atom stereocenters. The number of hydrogen-bond acceptors (Lipinski definition) is 3. The van der Waals surface area contributed by atoms with Crippen LogP contribution < -0.4 is 5.56 Å². The van der Waals surface area contributed by atoms with Crippen molar-refractivity contribution >= 4 is 28.0 Å². The Morgan fingerprint density at radius 1 is 1.45 bits per heavy atom. The summed E-state index contributed by atoms with van der Waals surface area (Å²) < 4.78 is 0. The summed E-state index contributed by atoms with van der Waals surface area (Å²) in [5.74, 6) is 0. The van der Waals surface area contributed by atoms with E-state index in [0.717, 1.165) is 0 Å². The minimum Gasteiger partial charge on any atom is -0.312 e. The van der Waals surface area contributed by atoms with Crippen molar-refractivity contribution in [2.75, 3.05) is 0 Å². The maximum Gasteiger partial charge on any atom is 0.261 e. The summed E-state index contributed by atoms with van der Waals surface area (Å²) in [7, 11) is 0. The van der Waals surface area contributed by atoms with Crippen LogP contribution in [0.4, 0.5) is 0 Å². The molecule has 0 aromatic carbocycles. The third-order valence-corrected chi connectivity index (χ3v) is 1.25. The van der Waals surface area contributed by atoms with Crippen LogP contribution in [0.1, 0.15) is 0 Å². The predicted molar refractivity (Wildman–Crippen MR) is 44.8 cm³/mol. The number of nitrogens with zero attached hydrogens (tertiary/aromatic N) is 2. The summed E-state index contributed by atoms with van der Waals surface area (Å²) in [6.45, 7) is 0. The molecule has 0 fully saturated rings. The Balaban J connectivity index is 0.000000605. The van der Waals surface area contributed by atoms with Crippen molar-refractivity contribution < 1.29 is 0 Å². The molecule has 0 aliphatic carbocycles. The number of halogens is 1. The second-order valence-corrected chi connectivity index (χ2v) is 1.86. The van der Waals surface area contributed by atoms with E-state index in [1.165, 1.54) is 12.5 Å². The van der Waals surface area contributed by atoms with Crippen molar-refractivity contribution in [3.63, 3.8) is 0 Å². The smallest absolute Gasteiger partial charge is 0.261 e. The molecule has 11 heavy (non-hydrogen) atoms. The highest BCUT2D eigenvalue weighted by molar-refractivity contribution is 8.93. The van der Waals surface area contributed by atoms with Crippen LogP contribution in [0.5, 0.6) is 0 Å². The monoisotopic (exact) mass is 216 g/mol. The minimum absolute atomic E-state index is 0. The Morgan fingerprint density at radius 2 is 2.27 bits per heavy atom. The van der Waals surface area contributed by atoms with Gasteiger partial charge in [-0.1, -0.05) is 0 Å². The molecule has 0 spiro atoms. The van der Waals surface area contributed by atoms with Crippen LogP contribution in [-0.4, -0.2) is 20.2 Å². The zero-order valence-corrected chi connectivity index (χ0v) is 7.08. The summed E-state index contributed by atoms with van der Waals surface area (Å²) in [6.07, 6.45) is 2.78. The second-order valence-electron chi connectivity index (χ2n) is 1.86. The molecule has 6 heteroatoms. The number of rotatable bonds is 0. The van der Waals surface area contributed by atoms with E-state index in [1.54, 1.807) is 0 Å². The van der Waals surface area contributed by atoms with E-state index < -0.39 is 0 Å². The van der Waals surface area contributed by atoms with E-state index in [4.69, 9.17) is 0 Å². The van der Waals surface area contributed by atoms with Crippen LogP contribution in [0.15, 0.2) is 17.3 Å². The van der Waals surface area contributed by atoms with Crippen LogP contribution in [0, 0.1) is 0 Å². The highest BCUT2D eigenvalue weighted by Gasteiger charge is 1.97. The van der Waals surface area contributed by atoms with Crippen molar-refractivity contribution in [3.05, 3.63) is 22.9 Å². The van der Waals surface area contributed by atoms with E-state index in [9.17, 15) is 4.79 Å². The highest BCUT2D eigenvalue weighted by Crippen LogP contribution is 1.96. The second kappa shape index (κ2) is 2.83. The first-order valence-corrected chi connectivity index (χ1v) is 2.75. The quantitative estimate of drug-likeness (QED) is 0.662. The average molecular weight is 217 g/mol. The van der Waals surface area contributed by atoms with Gasteiger partial charge >= 0.3 is 0 Å². The van der Waals surface area contributed by atoms with E-state index in [2.05, 4.69) is 20.2 Å². The number of nitrogens with one attached hydrogen (secondary N) is 2. The van der Waals surface area contributed by atoms with Crippen LogP contribution in [0.25, 0.3) is 11.0 Å². The first-order valence-electron chi connectivity index (χ1n) is 2.75. The number of fused-ring (bicyclic) bond motifs is 1. The van der Waals surface area contributed by atoms with E-state index in [0.29, 0.717) is 11.0 Å². The summed E-state index contributed by atoms with van der Waals surface area (Å²) in [4.78, 5) is 17.1. The predicted octanol–water partition coefficient (Wildman–Crippen LogP) is 0.224. The van der Waals surface area contributed by atoms with E-state index in [-0.39, 0.29) is 22.5 Å². The molecular formula is C5H5BrN4O. The van der Waals surface area contributed by atoms with Crippen LogP contribution in [0.2, 0.25) is 0 Å². The first kappa shape index (κ1) is 7.93. The third-order valence-electron chi connectivity index (χ3n) is 1.25. The molecule has 58 valence electrons. The molecule has 0 amide bonds. The number of hydrogen-bond donors (Lipinski definition) is 2. The van der Waals surface area contributed by atoms with Crippen molar-refractivity contribution in [1.82, 2.24) is 20.2 Å². The van der Waals surface area contributed by atoms with Gasteiger partial charge < -0.3 is 4.98 Å². The average Bonchev–Trinajstić information content (AvgIpc) is 2.36. The standard InChI is InChI=1S/C5H4N4O.BrH/c10-5-3-1-8-9-4(3)6-2-7-5;/h1-2H,(H2,6,7,8,9,10);1H. The molecule has 2 aromatic heterocycles. The SMILES string of the molecule is Br.O=c1[nH]cnc2[nH]ncc12. The Bertz CT molecular complexity index is 406. The fraction of sp³-hybridized carbons (Fsp3) is 0. The lowest BCUT2D eigenvalue weighted by molar-refractivity contribution is 1.08. The maximum absolute atomic E-state index is 10.9. The van der Waals surface area contributed by atoms with Gasteiger partial charge in [0, 0.05) is 0 Å². The molecule has 0 radical (unpaired) electrons. The normalized spacial score (nSPS) is 9.45. The molecular weight excluding hydrogens is 212 g/mol. The lowest BCUT2D eigenvalue weighted by Gasteiger charge is -1.81. The molecule has 0 saturated heterocycles. The van der Waals surface area contributed by atoms with Gasteiger partial charge in [-0.15, -0.1) is 17.0 Å². The van der Waals surface area contributed by atoms with Crippen LogP contribution in [-0.2, 0) is 0 Å². The molecule has 0 atom stereocenters. The molecule has 5 nitrogen and oxygen atoms in total. The van der Waals surface area contributed by atoms with Crippen molar-refractivity contribution in [1.29, 1.82) is 0 Å². The van der Waals surface area contributed by atoms with Gasteiger partial charge in [0.25, 0.3) is 5.56 Å². The van der Waals surface area contributed by atoms with Crippen molar-refractivity contribution in [2.45, 2.75) is 0 Å². The molecule has 0 aliphatic rings. The van der Waals surface area contributed by atoms with Gasteiger partial charge in [-0.25, -0.2) is 4.98 Å². The number of H-pyrrole nitrogens is 2. The van der Waals surface area contributed by atoms with E-state index in [1.807, 2.05) is 0 Å². The Hall–Kier alpha value is -1.17. The molecule has 2 N–H and O–H groups in total. The molecule has 0 aliphatic heterocycles. The van der Waals surface area contributed by atoms with Gasteiger partial charge in [-0.05, 0) is 0 Å². The van der Waals surface area contributed by atoms with Gasteiger partial charge in [0.15, 0.2) is 5.65 Å². The lowest BCUT2D eigenvalue weighted by atomic mass is 10.4. The molecule has 0 saturated carbocycles. The van der Waals surface area contributed by atoms with Crippen LogP contribution >= 0.6 is 17.0 Å². The summed E-state index contributed by atoms with van der Waals surface area (Å²) in [6, 6.07) is 0. The zero-order valence-electron chi connectivity index (χ0n) is 5.37. The maximum atomic E-state index is 10.9. The van der Waals surface area contributed by atoms with Crippen LogP contribution in [0.3, 0.4) is 0 Å². The highest BCUT2D eigenvalue weighted by atomic mass is 79.9. The molecule has 0 bridgehead atoms.